The third-order valence-electron chi connectivity index (χ3n) is 4.10. The summed E-state index contributed by atoms with van der Waals surface area (Å²) in [6.45, 7) is 7.21. The Morgan fingerprint density at radius 1 is 1.50 bits per heavy atom. The monoisotopic (exact) mass is 399 g/mol. The Hall–Kier alpha value is -1.38. The van der Waals surface area contributed by atoms with Gasteiger partial charge in [0.2, 0.25) is 5.78 Å². The van der Waals surface area contributed by atoms with Gasteiger partial charge in [0.25, 0.3) is 5.91 Å². The fourth-order valence-electron chi connectivity index (χ4n) is 2.59. The number of hydrogen-bond acceptors (Lipinski definition) is 7. The van der Waals surface area contributed by atoms with Gasteiger partial charge in [0.15, 0.2) is 11.7 Å². The van der Waals surface area contributed by atoms with Gasteiger partial charge >= 0.3 is 5.97 Å². The van der Waals surface area contributed by atoms with Crippen LogP contribution in [0.3, 0.4) is 0 Å². The van der Waals surface area contributed by atoms with Gasteiger partial charge in [-0.05, 0) is 30.2 Å². The highest BCUT2D eigenvalue weighted by Gasteiger charge is 2.53. The van der Waals surface area contributed by atoms with Crippen LogP contribution >= 0.6 is 23.1 Å². The summed E-state index contributed by atoms with van der Waals surface area (Å²) in [5.74, 6) is -1.11. The molecule has 1 aliphatic rings. The number of thioether (sulfide) groups is 1. The van der Waals surface area contributed by atoms with E-state index in [9.17, 15) is 14.4 Å². The van der Waals surface area contributed by atoms with Crippen molar-refractivity contribution >= 4 is 40.8 Å². The number of rotatable bonds is 7. The van der Waals surface area contributed by atoms with E-state index in [1.807, 2.05) is 38.3 Å². The molecule has 3 atom stereocenters. The Kier molecular flexibility index (Phi) is 6.52. The molecule has 1 fully saturated rings. The summed E-state index contributed by atoms with van der Waals surface area (Å²) in [6.07, 6.45) is -0.714. The lowest BCUT2D eigenvalue weighted by Crippen LogP contribution is -2.52. The number of carbonyl (C=O) groups excluding carboxylic acids is 3. The van der Waals surface area contributed by atoms with E-state index >= 15 is 0 Å². The molecule has 3 unspecified atom stereocenters. The van der Waals surface area contributed by atoms with Crippen LogP contribution < -0.4 is 5.73 Å². The normalized spacial score (nSPS) is 24.5. The Bertz CT molecular complexity index is 668. The fraction of sp³-hybridized carbons (Fsp3) is 0.611. The predicted molar refractivity (Wildman–Crippen MR) is 102 cm³/mol. The lowest BCUT2D eigenvalue weighted by molar-refractivity contribution is -0.165. The number of thiophene rings is 1. The average Bonchev–Trinajstić information content (AvgIpc) is 3.14. The molecule has 0 radical (unpaired) electrons. The number of hydrogen-bond donors (Lipinski definition) is 1. The van der Waals surface area contributed by atoms with Gasteiger partial charge in [0.1, 0.15) is 11.9 Å². The lowest BCUT2D eigenvalue weighted by Gasteiger charge is -2.29. The molecule has 144 valence electrons. The quantitative estimate of drug-likeness (QED) is 0.708. The number of carbonyl (C=O) groups is 3. The van der Waals surface area contributed by atoms with E-state index in [4.69, 9.17) is 15.2 Å². The van der Waals surface area contributed by atoms with Crippen LogP contribution in [0.25, 0.3) is 0 Å². The number of primary amides is 1. The highest BCUT2D eigenvalue weighted by Crippen LogP contribution is 2.33. The molecule has 1 aromatic heterocycles. The van der Waals surface area contributed by atoms with Crippen LogP contribution in [0.1, 0.15) is 39.0 Å². The van der Waals surface area contributed by atoms with Crippen LogP contribution in [0.15, 0.2) is 17.5 Å². The number of ether oxygens (including phenoxy) is 2. The first-order valence-electron chi connectivity index (χ1n) is 8.34. The van der Waals surface area contributed by atoms with Gasteiger partial charge in [-0.25, -0.2) is 0 Å². The van der Waals surface area contributed by atoms with Crippen LogP contribution in [-0.4, -0.2) is 41.2 Å². The standard InChI is InChI=1S/C18H25NO5S2/c1-17(2,3)8-13(26-10-11-6-5-7-25-11)15(21)24-14-12(20)9-23-18(14,4)16(19)22/h5-7,13-14H,8-10H2,1-4H3,(H2,19,22). The predicted octanol–water partition coefficient (Wildman–Crippen LogP) is 2.54. The van der Waals surface area contributed by atoms with E-state index in [0.29, 0.717) is 12.2 Å². The van der Waals surface area contributed by atoms with E-state index in [0.717, 1.165) is 4.88 Å². The van der Waals surface area contributed by atoms with Crippen molar-refractivity contribution in [3.63, 3.8) is 0 Å². The van der Waals surface area contributed by atoms with Gasteiger partial charge < -0.3 is 15.2 Å². The second-order valence-corrected chi connectivity index (χ2v) is 9.91. The van der Waals surface area contributed by atoms with E-state index in [2.05, 4.69) is 0 Å². The smallest absolute Gasteiger partial charge is 0.319 e. The van der Waals surface area contributed by atoms with Crippen LogP contribution in [0.2, 0.25) is 0 Å². The van der Waals surface area contributed by atoms with Crippen molar-refractivity contribution in [3.8, 4) is 0 Å². The minimum Gasteiger partial charge on any atom is -0.450 e. The van der Waals surface area contributed by atoms with Crippen LogP contribution in [0, 0.1) is 5.41 Å². The first-order valence-corrected chi connectivity index (χ1v) is 10.3. The van der Waals surface area contributed by atoms with E-state index in [1.165, 1.54) is 18.7 Å². The van der Waals surface area contributed by atoms with Gasteiger partial charge in [0, 0.05) is 10.6 Å². The summed E-state index contributed by atoms with van der Waals surface area (Å²) in [7, 11) is 0. The Balaban J connectivity index is 2.11. The molecule has 1 saturated heterocycles. The molecule has 2 N–H and O–H groups in total. The minimum absolute atomic E-state index is 0.102. The topological polar surface area (TPSA) is 95.7 Å². The number of ketones is 1. The third-order valence-corrected chi connectivity index (χ3v) is 6.40. The zero-order valence-electron chi connectivity index (χ0n) is 15.4. The Morgan fingerprint density at radius 3 is 2.73 bits per heavy atom. The largest absolute Gasteiger partial charge is 0.450 e. The van der Waals surface area contributed by atoms with E-state index < -0.39 is 34.6 Å². The maximum Gasteiger partial charge on any atom is 0.319 e. The van der Waals surface area contributed by atoms with Gasteiger partial charge in [-0.3, -0.25) is 14.4 Å². The summed E-state index contributed by atoms with van der Waals surface area (Å²) in [6, 6.07) is 3.97. The summed E-state index contributed by atoms with van der Waals surface area (Å²) < 4.78 is 10.7. The van der Waals surface area contributed by atoms with Crippen molar-refractivity contribution < 1.29 is 23.9 Å². The molecular formula is C18H25NO5S2. The number of nitrogens with two attached hydrogens (primary N) is 1. The van der Waals surface area contributed by atoms with Crippen LogP contribution in [-0.2, 0) is 29.6 Å². The summed E-state index contributed by atoms with van der Waals surface area (Å²) >= 11 is 3.10. The highest BCUT2D eigenvalue weighted by molar-refractivity contribution is 7.99. The molecule has 0 aromatic carbocycles. The SMILES string of the molecule is CC(C)(C)CC(SCc1cccs1)C(=O)OC1C(=O)COC1(C)C(N)=O. The number of Topliss-reactive ketones (excluding diaryl/α,β-unsaturated/α-hetero) is 1. The number of esters is 1. The minimum atomic E-state index is -1.61. The van der Waals surface area contributed by atoms with E-state index in [1.54, 1.807) is 11.3 Å². The first-order chi connectivity index (χ1) is 12.0. The Morgan fingerprint density at radius 2 is 2.19 bits per heavy atom. The molecule has 0 saturated carbocycles. The van der Waals surface area contributed by atoms with Gasteiger partial charge in [-0.1, -0.05) is 26.8 Å². The average molecular weight is 400 g/mol. The van der Waals surface area contributed by atoms with Crippen molar-refractivity contribution in [1.29, 1.82) is 0 Å². The molecule has 1 amide bonds. The molecular weight excluding hydrogens is 374 g/mol. The van der Waals surface area contributed by atoms with Gasteiger partial charge in [-0.2, -0.15) is 0 Å². The molecule has 0 aliphatic carbocycles. The fourth-order valence-corrected chi connectivity index (χ4v) is 4.83. The summed E-state index contributed by atoms with van der Waals surface area (Å²) in [4.78, 5) is 37.7. The first kappa shape index (κ1) is 20.9. The molecule has 2 heterocycles. The maximum atomic E-state index is 12.8. The molecule has 2 rings (SSSR count). The summed E-state index contributed by atoms with van der Waals surface area (Å²) in [5.41, 5.74) is 3.63. The molecule has 1 aliphatic heterocycles. The lowest BCUT2D eigenvalue weighted by atomic mass is 9.90. The third kappa shape index (κ3) is 5.08. The summed E-state index contributed by atoms with van der Waals surface area (Å²) in [5, 5.41) is 1.53. The zero-order chi connectivity index (χ0) is 19.5. The molecule has 0 spiro atoms. The maximum absolute atomic E-state index is 12.8. The Labute approximate surface area is 161 Å². The van der Waals surface area contributed by atoms with Gasteiger partial charge in [0.05, 0.1) is 0 Å². The second kappa shape index (κ2) is 8.10. The molecule has 0 bridgehead atoms. The molecule has 26 heavy (non-hydrogen) atoms. The van der Waals surface area contributed by atoms with E-state index in [-0.39, 0.29) is 12.0 Å². The molecule has 8 heteroatoms. The van der Waals surface area contributed by atoms with Gasteiger partial charge in [-0.15, -0.1) is 23.1 Å². The van der Waals surface area contributed by atoms with Crippen LogP contribution in [0.4, 0.5) is 0 Å². The molecule has 6 nitrogen and oxygen atoms in total. The van der Waals surface area contributed by atoms with Crippen molar-refractivity contribution in [2.24, 2.45) is 11.1 Å². The zero-order valence-corrected chi connectivity index (χ0v) is 17.1. The van der Waals surface area contributed by atoms with Crippen molar-refractivity contribution in [2.45, 2.75) is 56.8 Å². The number of amides is 1. The van der Waals surface area contributed by atoms with Crippen molar-refractivity contribution in [2.75, 3.05) is 6.61 Å². The molecule has 1 aromatic rings. The highest BCUT2D eigenvalue weighted by atomic mass is 32.2. The van der Waals surface area contributed by atoms with Crippen molar-refractivity contribution in [1.82, 2.24) is 0 Å². The van der Waals surface area contributed by atoms with Crippen LogP contribution in [0.5, 0.6) is 0 Å². The second-order valence-electron chi connectivity index (χ2n) is 7.69. The van der Waals surface area contributed by atoms with Crippen molar-refractivity contribution in [3.05, 3.63) is 22.4 Å².